The third-order valence-corrected chi connectivity index (χ3v) is 3.49. The minimum absolute atomic E-state index is 0.0305. The van der Waals surface area contributed by atoms with Gasteiger partial charge in [-0.3, -0.25) is 0 Å². The fraction of sp³-hybridized carbons (Fsp3) is 0.571. The summed E-state index contributed by atoms with van der Waals surface area (Å²) in [5.74, 6) is 1.49. The zero-order valence-corrected chi connectivity index (χ0v) is 11.2. The summed E-state index contributed by atoms with van der Waals surface area (Å²) in [5.41, 5.74) is 7.35. The Hall–Kier alpha value is -1.26. The number of nitrogens with two attached hydrogens (primary N) is 1. The van der Waals surface area contributed by atoms with E-state index in [9.17, 15) is 0 Å². The summed E-state index contributed by atoms with van der Waals surface area (Å²) >= 11 is 0. The van der Waals surface area contributed by atoms with Gasteiger partial charge < -0.3 is 20.1 Å². The van der Waals surface area contributed by atoms with E-state index in [2.05, 4.69) is 4.90 Å². The van der Waals surface area contributed by atoms with Crippen LogP contribution in [0.15, 0.2) is 18.2 Å². The molecular formula is C14H22N2O2. The first kappa shape index (κ1) is 13.2. The molecule has 1 heterocycles. The molecule has 100 valence electrons. The van der Waals surface area contributed by atoms with Gasteiger partial charge in [0.2, 0.25) is 0 Å². The second kappa shape index (κ2) is 6.07. The number of benzene rings is 1. The minimum atomic E-state index is 0.0305. The molecule has 2 N–H and O–H groups in total. The molecule has 1 aliphatic rings. The number of hydrogen-bond acceptors (Lipinski definition) is 4. The number of likely N-dealkylation sites (tertiary alicyclic amines) is 1. The first-order valence-electron chi connectivity index (χ1n) is 6.44. The molecular weight excluding hydrogens is 228 g/mol. The summed E-state index contributed by atoms with van der Waals surface area (Å²) in [6.45, 7) is 3.25. The van der Waals surface area contributed by atoms with Crippen molar-refractivity contribution in [1.82, 2.24) is 4.90 Å². The van der Waals surface area contributed by atoms with Gasteiger partial charge in [-0.25, -0.2) is 0 Å². The van der Waals surface area contributed by atoms with E-state index < -0.39 is 0 Å². The predicted octanol–water partition coefficient (Wildman–Crippen LogP) is 1.80. The Morgan fingerprint density at radius 1 is 1.17 bits per heavy atom. The van der Waals surface area contributed by atoms with Crippen LogP contribution in [0.3, 0.4) is 0 Å². The van der Waals surface area contributed by atoms with Gasteiger partial charge >= 0.3 is 0 Å². The van der Waals surface area contributed by atoms with Crippen LogP contribution < -0.4 is 15.2 Å². The van der Waals surface area contributed by atoms with E-state index in [4.69, 9.17) is 15.2 Å². The van der Waals surface area contributed by atoms with E-state index in [-0.39, 0.29) is 6.04 Å². The monoisotopic (exact) mass is 250 g/mol. The van der Waals surface area contributed by atoms with Gasteiger partial charge in [-0.05, 0) is 43.6 Å². The Morgan fingerprint density at radius 2 is 1.83 bits per heavy atom. The first-order valence-corrected chi connectivity index (χ1v) is 6.44. The van der Waals surface area contributed by atoms with Gasteiger partial charge in [0.15, 0.2) is 11.5 Å². The smallest absolute Gasteiger partial charge is 0.161 e. The first-order chi connectivity index (χ1) is 8.74. The molecule has 0 aromatic heterocycles. The van der Waals surface area contributed by atoms with Crippen LogP contribution in [-0.4, -0.2) is 38.8 Å². The Balaban J connectivity index is 2.06. The lowest BCUT2D eigenvalue weighted by molar-refractivity contribution is 0.315. The lowest BCUT2D eigenvalue weighted by Gasteiger charge is -2.21. The largest absolute Gasteiger partial charge is 0.493 e. The number of rotatable bonds is 5. The average molecular weight is 250 g/mol. The highest BCUT2D eigenvalue weighted by Crippen LogP contribution is 2.29. The molecule has 1 aromatic rings. The summed E-state index contributed by atoms with van der Waals surface area (Å²) < 4.78 is 10.5. The van der Waals surface area contributed by atoms with Crippen LogP contribution in [0.4, 0.5) is 0 Å². The van der Waals surface area contributed by atoms with Crippen LogP contribution in [-0.2, 0) is 0 Å². The molecule has 1 atom stereocenters. The Labute approximate surface area is 109 Å². The average Bonchev–Trinajstić information content (AvgIpc) is 2.90. The second-order valence-electron chi connectivity index (χ2n) is 4.73. The molecule has 0 bridgehead atoms. The third kappa shape index (κ3) is 2.94. The molecule has 1 saturated heterocycles. The van der Waals surface area contributed by atoms with Crippen LogP contribution in [0, 0.1) is 0 Å². The van der Waals surface area contributed by atoms with Crippen molar-refractivity contribution in [2.45, 2.75) is 18.9 Å². The van der Waals surface area contributed by atoms with Gasteiger partial charge in [-0.2, -0.15) is 0 Å². The fourth-order valence-corrected chi connectivity index (χ4v) is 2.43. The summed E-state index contributed by atoms with van der Waals surface area (Å²) in [6, 6.07) is 5.93. The van der Waals surface area contributed by atoms with E-state index in [0.717, 1.165) is 23.6 Å². The van der Waals surface area contributed by atoms with Crippen LogP contribution in [0.25, 0.3) is 0 Å². The van der Waals surface area contributed by atoms with Crippen LogP contribution >= 0.6 is 0 Å². The highest BCUT2D eigenvalue weighted by Gasteiger charge is 2.17. The molecule has 0 amide bonds. The molecule has 4 nitrogen and oxygen atoms in total. The van der Waals surface area contributed by atoms with Gasteiger partial charge in [-0.15, -0.1) is 0 Å². The zero-order valence-electron chi connectivity index (χ0n) is 11.2. The van der Waals surface area contributed by atoms with E-state index in [0.29, 0.717) is 0 Å². The van der Waals surface area contributed by atoms with Gasteiger partial charge in [0.05, 0.1) is 14.2 Å². The standard InChI is InChI=1S/C14H22N2O2/c1-17-13-6-5-11(9-14(13)18-2)12(15)10-16-7-3-4-8-16/h5-6,9,12H,3-4,7-8,10,15H2,1-2H3. The van der Waals surface area contributed by atoms with Crippen LogP contribution in [0.5, 0.6) is 11.5 Å². The van der Waals surface area contributed by atoms with E-state index in [1.807, 2.05) is 18.2 Å². The van der Waals surface area contributed by atoms with Gasteiger partial charge in [-0.1, -0.05) is 6.07 Å². The lowest BCUT2D eigenvalue weighted by Crippen LogP contribution is -2.29. The van der Waals surface area contributed by atoms with Crippen molar-refractivity contribution in [3.8, 4) is 11.5 Å². The SMILES string of the molecule is COc1ccc(C(N)CN2CCCC2)cc1OC. The topological polar surface area (TPSA) is 47.7 Å². The lowest BCUT2D eigenvalue weighted by atomic mass is 10.1. The molecule has 4 heteroatoms. The number of methoxy groups -OCH3 is 2. The number of nitrogens with zero attached hydrogens (tertiary/aromatic N) is 1. The normalized spacial score (nSPS) is 17.7. The molecule has 18 heavy (non-hydrogen) atoms. The summed E-state index contributed by atoms with van der Waals surface area (Å²) in [7, 11) is 3.29. The Bertz CT molecular complexity index is 389. The molecule has 1 aromatic carbocycles. The molecule has 0 radical (unpaired) electrons. The quantitative estimate of drug-likeness (QED) is 0.865. The number of ether oxygens (including phenoxy) is 2. The Kier molecular flexibility index (Phi) is 4.44. The highest BCUT2D eigenvalue weighted by atomic mass is 16.5. The van der Waals surface area contributed by atoms with E-state index in [1.54, 1.807) is 14.2 Å². The Morgan fingerprint density at radius 3 is 2.44 bits per heavy atom. The van der Waals surface area contributed by atoms with Crippen molar-refractivity contribution < 1.29 is 9.47 Å². The van der Waals surface area contributed by atoms with Crippen molar-refractivity contribution in [3.63, 3.8) is 0 Å². The maximum Gasteiger partial charge on any atom is 0.161 e. The molecule has 1 unspecified atom stereocenters. The van der Waals surface area contributed by atoms with Crippen molar-refractivity contribution in [2.24, 2.45) is 5.73 Å². The van der Waals surface area contributed by atoms with Crippen molar-refractivity contribution >= 4 is 0 Å². The minimum Gasteiger partial charge on any atom is -0.493 e. The number of hydrogen-bond donors (Lipinski definition) is 1. The van der Waals surface area contributed by atoms with Crippen molar-refractivity contribution in [1.29, 1.82) is 0 Å². The zero-order chi connectivity index (χ0) is 13.0. The fourth-order valence-electron chi connectivity index (χ4n) is 2.43. The van der Waals surface area contributed by atoms with Gasteiger partial charge in [0.1, 0.15) is 0 Å². The van der Waals surface area contributed by atoms with Crippen molar-refractivity contribution in [2.75, 3.05) is 33.9 Å². The molecule has 0 aliphatic carbocycles. The second-order valence-corrected chi connectivity index (χ2v) is 4.73. The summed E-state index contributed by atoms with van der Waals surface area (Å²) in [6.07, 6.45) is 2.58. The third-order valence-electron chi connectivity index (χ3n) is 3.49. The van der Waals surface area contributed by atoms with E-state index in [1.165, 1.54) is 25.9 Å². The molecule has 0 saturated carbocycles. The molecule has 0 spiro atoms. The maximum absolute atomic E-state index is 6.25. The highest BCUT2D eigenvalue weighted by molar-refractivity contribution is 5.43. The van der Waals surface area contributed by atoms with Crippen LogP contribution in [0.2, 0.25) is 0 Å². The summed E-state index contributed by atoms with van der Waals surface area (Å²) in [5, 5.41) is 0. The van der Waals surface area contributed by atoms with Crippen LogP contribution in [0.1, 0.15) is 24.4 Å². The summed E-state index contributed by atoms with van der Waals surface area (Å²) in [4.78, 5) is 2.42. The van der Waals surface area contributed by atoms with E-state index >= 15 is 0 Å². The van der Waals surface area contributed by atoms with Crippen molar-refractivity contribution in [3.05, 3.63) is 23.8 Å². The molecule has 2 rings (SSSR count). The maximum atomic E-state index is 6.25. The van der Waals surface area contributed by atoms with Gasteiger partial charge in [0, 0.05) is 12.6 Å². The predicted molar refractivity (Wildman–Crippen MR) is 72.1 cm³/mol. The molecule has 1 aliphatic heterocycles. The van der Waals surface area contributed by atoms with Gasteiger partial charge in [0.25, 0.3) is 0 Å². The molecule has 1 fully saturated rings.